The minimum Gasteiger partial charge on any atom is -0.380 e. The molecule has 0 aliphatic carbocycles. The Bertz CT molecular complexity index is 313. The third-order valence-corrected chi connectivity index (χ3v) is 3.56. The molecule has 6 heteroatoms. The zero-order valence-electron chi connectivity index (χ0n) is 10.7. The highest BCUT2D eigenvalue weighted by Crippen LogP contribution is 2.13. The normalized spacial score (nSPS) is 13.2. The highest BCUT2D eigenvalue weighted by atomic mass is 32.2. The number of nitrogens with two attached hydrogens (primary N) is 1. The predicted octanol–water partition coefficient (Wildman–Crippen LogP) is 1.47. The summed E-state index contributed by atoms with van der Waals surface area (Å²) in [4.78, 5) is 4.31. The maximum atomic E-state index is 5.53. The van der Waals surface area contributed by atoms with Crippen LogP contribution >= 0.6 is 11.8 Å². The van der Waals surface area contributed by atoms with Gasteiger partial charge in [0, 0.05) is 13.7 Å². The van der Waals surface area contributed by atoms with Gasteiger partial charge in [-0.25, -0.2) is 0 Å². The van der Waals surface area contributed by atoms with Gasteiger partial charge >= 0.3 is 0 Å². The predicted molar refractivity (Wildman–Crippen MR) is 68.9 cm³/mol. The Morgan fingerprint density at radius 3 is 2.82 bits per heavy atom. The third-order valence-electron chi connectivity index (χ3n) is 2.19. The summed E-state index contributed by atoms with van der Waals surface area (Å²) in [5, 5.41) is 3.93. The maximum absolute atomic E-state index is 5.53. The van der Waals surface area contributed by atoms with Crippen molar-refractivity contribution in [3.63, 3.8) is 0 Å². The first-order chi connectivity index (χ1) is 8.15. The number of nitrogens with zero attached hydrogens (tertiary/aromatic N) is 2. The molecule has 1 unspecified atom stereocenters. The minimum absolute atomic E-state index is 0.0494. The van der Waals surface area contributed by atoms with E-state index in [1.807, 2.05) is 11.8 Å². The minimum atomic E-state index is -0.0494. The first-order valence-corrected chi connectivity index (χ1v) is 6.93. The Kier molecular flexibility index (Phi) is 6.54. The summed E-state index contributed by atoms with van der Waals surface area (Å²) < 4.78 is 10.3. The van der Waals surface area contributed by atoms with Crippen LogP contribution < -0.4 is 5.73 Å². The quantitative estimate of drug-likeness (QED) is 0.762. The molecule has 0 saturated carbocycles. The highest BCUT2D eigenvalue weighted by Gasteiger charge is 2.12. The van der Waals surface area contributed by atoms with E-state index < -0.39 is 0 Å². The molecule has 1 aromatic rings. The molecule has 2 N–H and O–H groups in total. The van der Waals surface area contributed by atoms with Gasteiger partial charge in [-0.05, 0) is 11.7 Å². The summed E-state index contributed by atoms with van der Waals surface area (Å²) in [6.45, 7) is 4.84. The molecule has 0 bridgehead atoms. The van der Waals surface area contributed by atoms with Crippen molar-refractivity contribution in [3.8, 4) is 0 Å². The lowest BCUT2D eigenvalue weighted by atomic mass is 10.2. The molecule has 0 spiro atoms. The van der Waals surface area contributed by atoms with Crippen molar-refractivity contribution < 1.29 is 9.26 Å². The molecule has 0 aliphatic rings. The second-order valence-corrected chi connectivity index (χ2v) is 5.34. The molecule has 1 heterocycles. The number of aromatic nitrogens is 2. The largest absolute Gasteiger partial charge is 0.380 e. The van der Waals surface area contributed by atoms with Gasteiger partial charge in [0.2, 0.25) is 5.89 Å². The molecule has 1 atom stereocenters. The van der Waals surface area contributed by atoms with Crippen LogP contribution in [0.15, 0.2) is 4.52 Å². The Morgan fingerprint density at radius 2 is 2.24 bits per heavy atom. The summed E-state index contributed by atoms with van der Waals surface area (Å²) in [5.41, 5.74) is 5.53. The molecule has 1 aromatic heterocycles. The van der Waals surface area contributed by atoms with Crippen molar-refractivity contribution in [2.75, 3.05) is 19.4 Å². The van der Waals surface area contributed by atoms with Gasteiger partial charge in [-0.1, -0.05) is 19.0 Å². The van der Waals surface area contributed by atoms with Crippen LogP contribution in [0.4, 0.5) is 0 Å². The third kappa shape index (κ3) is 5.52. The zero-order valence-corrected chi connectivity index (χ0v) is 11.5. The van der Waals surface area contributed by atoms with E-state index in [2.05, 4.69) is 24.0 Å². The van der Waals surface area contributed by atoms with E-state index >= 15 is 0 Å². The SMILES string of the molecule is COC(CN)Cc1nc(CSCC(C)C)no1. The number of ether oxygens (including phenoxy) is 1. The van der Waals surface area contributed by atoms with E-state index in [9.17, 15) is 0 Å². The van der Waals surface area contributed by atoms with Crippen molar-refractivity contribution in [3.05, 3.63) is 11.7 Å². The Morgan fingerprint density at radius 1 is 1.47 bits per heavy atom. The first kappa shape index (κ1) is 14.5. The van der Waals surface area contributed by atoms with Gasteiger partial charge in [0.05, 0.1) is 18.3 Å². The fourth-order valence-electron chi connectivity index (χ4n) is 1.28. The molecular formula is C11H21N3O2S. The first-order valence-electron chi connectivity index (χ1n) is 5.77. The summed E-state index contributed by atoms with van der Waals surface area (Å²) in [7, 11) is 1.63. The molecule has 0 aromatic carbocycles. The number of thioether (sulfide) groups is 1. The van der Waals surface area contributed by atoms with Crippen LogP contribution in [0.3, 0.4) is 0 Å². The second kappa shape index (κ2) is 7.68. The van der Waals surface area contributed by atoms with Crippen LogP contribution in [0.2, 0.25) is 0 Å². The van der Waals surface area contributed by atoms with Gasteiger partial charge < -0.3 is 15.0 Å². The van der Waals surface area contributed by atoms with Crippen molar-refractivity contribution in [1.29, 1.82) is 0 Å². The van der Waals surface area contributed by atoms with Crippen LogP contribution in [-0.2, 0) is 16.9 Å². The van der Waals surface area contributed by atoms with Gasteiger partial charge in [0.1, 0.15) is 0 Å². The lowest BCUT2D eigenvalue weighted by molar-refractivity contribution is 0.102. The van der Waals surface area contributed by atoms with Crippen LogP contribution in [0.25, 0.3) is 0 Å². The lowest BCUT2D eigenvalue weighted by Gasteiger charge is -2.08. The van der Waals surface area contributed by atoms with Gasteiger partial charge in [0.15, 0.2) is 5.82 Å². The number of hydrogen-bond acceptors (Lipinski definition) is 6. The van der Waals surface area contributed by atoms with Crippen molar-refractivity contribution in [1.82, 2.24) is 10.1 Å². The summed E-state index contributed by atoms with van der Waals surface area (Å²) in [5.74, 6) is 3.93. The van der Waals surface area contributed by atoms with Gasteiger partial charge in [-0.15, -0.1) is 0 Å². The maximum Gasteiger partial charge on any atom is 0.229 e. The number of methoxy groups -OCH3 is 1. The van der Waals surface area contributed by atoms with E-state index in [0.29, 0.717) is 24.8 Å². The summed E-state index contributed by atoms with van der Waals surface area (Å²) in [6.07, 6.45) is 0.529. The summed E-state index contributed by atoms with van der Waals surface area (Å²) >= 11 is 1.82. The Labute approximate surface area is 106 Å². The van der Waals surface area contributed by atoms with Crippen LogP contribution in [0.5, 0.6) is 0 Å². The molecule has 17 heavy (non-hydrogen) atoms. The lowest BCUT2D eigenvalue weighted by Crippen LogP contribution is -2.24. The van der Waals surface area contributed by atoms with E-state index in [1.54, 1.807) is 7.11 Å². The topological polar surface area (TPSA) is 74.2 Å². The molecule has 0 fully saturated rings. The molecule has 0 amide bonds. The second-order valence-electron chi connectivity index (χ2n) is 4.31. The monoisotopic (exact) mass is 259 g/mol. The fourth-order valence-corrected chi connectivity index (χ4v) is 2.16. The van der Waals surface area contributed by atoms with Crippen LogP contribution in [0.1, 0.15) is 25.6 Å². The average Bonchev–Trinajstić information content (AvgIpc) is 2.73. The van der Waals surface area contributed by atoms with Gasteiger partial charge in [-0.2, -0.15) is 16.7 Å². The summed E-state index contributed by atoms with van der Waals surface area (Å²) in [6, 6.07) is 0. The van der Waals surface area contributed by atoms with Crippen molar-refractivity contribution in [2.24, 2.45) is 11.7 Å². The van der Waals surface area contributed by atoms with E-state index in [4.69, 9.17) is 15.0 Å². The van der Waals surface area contributed by atoms with Crippen LogP contribution in [0, 0.1) is 5.92 Å². The fraction of sp³-hybridized carbons (Fsp3) is 0.818. The zero-order chi connectivity index (χ0) is 12.7. The number of hydrogen-bond donors (Lipinski definition) is 1. The van der Waals surface area contributed by atoms with E-state index in [1.165, 1.54) is 0 Å². The molecular weight excluding hydrogens is 238 g/mol. The Balaban J connectivity index is 2.37. The van der Waals surface area contributed by atoms with Gasteiger partial charge in [-0.3, -0.25) is 0 Å². The number of rotatable bonds is 8. The molecule has 0 radical (unpaired) electrons. The highest BCUT2D eigenvalue weighted by molar-refractivity contribution is 7.98. The molecule has 0 saturated heterocycles. The smallest absolute Gasteiger partial charge is 0.229 e. The average molecular weight is 259 g/mol. The Hall–Kier alpha value is -0.590. The molecule has 0 aliphatic heterocycles. The van der Waals surface area contributed by atoms with Gasteiger partial charge in [0.25, 0.3) is 0 Å². The molecule has 98 valence electrons. The van der Waals surface area contributed by atoms with Crippen molar-refractivity contribution in [2.45, 2.75) is 32.1 Å². The van der Waals surface area contributed by atoms with E-state index in [0.717, 1.165) is 17.3 Å². The standard InChI is InChI=1S/C11H21N3O2S/c1-8(2)6-17-7-10-13-11(16-14-10)4-9(5-12)15-3/h8-9H,4-7,12H2,1-3H3. The molecule has 5 nitrogen and oxygen atoms in total. The van der Waals surface area contributed by atoms with Crippen LogP contribution in [-0.4, -0.2) is 35.7 Å². The van der Waals surface area contributed by atoms with E-state index in [-0.39, 0.29) is 6.10 Å². The van der Waals surface area contributed by atoms with Crippen molar-refractivity contribution >= 4 is 11.8 Å². The molecule has 1 rings (SSSR count).